The fraction of sp³-hybridized carbons (Fsp3) is 0.385. The normalized spacial score (nSPS) is 11.1. The summed E-state index contributed by atoms with van der Waals surface area (Å²) in [6, 6.07) is 6.58. The van der Waals surface area contributed by atoms with Gasteiger partial charge in [0.25, 0.3) is 0 Å². The molecule has 0 atom stereocenters. The van der Waals surface area contributed by atoms with E-state index in [0.29, 0.717) is 0 Å². The van der Waals surface area contributed by atoms with Gasteiger partial charge in [0.15, 0.2) is 0 Å². The number of para-hydroxylation sites is 1. The number of fused-ring (bicyclic) bond motifs is 1. The van der Waals surface area contributed by atoms with E-state index in [9.17, 15) is 0 Å². The van der Waals surface area contributed by atoms with Gasteiger partial charge >= 0.3 is 0 Å². The highest BCUT2D eigenvalue weighted by molar-refractivity contribution is 5.86. The van der Waals surface area contributed by atoms with Crippen LogP contribution in [0.15, 0.2) is 24.4 Å². The van der Waals surface area contributed by atoms with Gasteiger partial charge in [-0.1, -0.05) is 18.2 Å². The highest BCUT2D eigenvalue weighted by Crippen LogP contribution is 2.23. The zero-order valence-corrected chi connectivity index (χ0v) is 9.67. The van der Waals surface area contributed by atoms with Crippen LogP contribution in [-0.2, 0) is 13.5 Å². The zero-order valence-electron chi connectivity index (χ0n) is 9.67. The predicted octanol–water partition coefficient (Wildman–Crippen LogP) is 2.25. The van der Waals surface area contributed by atoms with E-state index >= 15 is 0 Å². The maximum Gasteiger partial charge on any atom is 0.0513 e. The van der Waals surface area contributed by atoms with Gasteiger partial charge in [0, 0.05) is 18.6 Å². The van der Waals surface area contributed by atoms with Gasteiger partial charge < -0.3 is 9.88 Å². The molecule has 0 bridgehead atoms. The van der Waals surface area contributed by atoms with E-state index in [0.717, 1.165) is 13.0 Å². The molecule has 1 heterocycles. The average molecular weight is 202 g/mol. The minimum Gasteiger partial charge on any atom is -0.350 e. The quantitative estimate of drug-likeness (QED) is 0.807. The second kappa shape index (κ2) is 4.07. The van der Waals surface area contributed by atoms with Crippen LogP contribution in [0.3, 0.4) is 0 Å². The Morgan fingerprint density at radius 2 is 2.13 bits per heavy atom. The molecule has 80 valence electrons. The number of hydrogen-bond acceptors (Lipinski definition) is 1. The van der Waals surface area contributed by atoms with Crippen molar-refractivity contribution in [1.29, 1.82) is 0 Å². The summed E-state index contributed by atoms with van der Waals surface area (Å²) in [6.45, 7) is 3.20. The van der Waals surface area contributed by atoms with Gasteiger partial charge in [-0.3, -0.25) is 0 Å². The van der Waals surface area contributed by atoms with E-state index < -0.39 is 0 Å². The van der Waals surface area contributed by atoms with Crippen LogP contribution in [0.5, 0.6) is 0 Å². The Morgan fingerprint density at radius 1 is 1.33 bits per heavy atom. The van der Waals surface area contributed by atoms with E-state index in [1.807, 2.05) is 7.05 Å². The van der Waals surface area contributed by atoms with Gasteiger partial charge in [-0.05, 0) is 38.1 Å². The van der Waals surface area contributed by atoms with Crippen molar-refractivity contribution >= 4 is 10.9 Å². The molecule has 2 aromatic rings. The first-order valence-electron chi connectivity index (χ1n) is 5.42. The Bertz CT molecular complexity index is 469. The number of nitrogens with zero attached hydrogens (tertiary/aromatic N) is 1. The predicted molar refractivity (Wildman–Crippen MR) is 65.3 cm³/mol. The van der Waals surface area contributed by atoms with Gasteiger partial charge in [-0.25, -0.2) is 0 Å². The van der Waals surface area contributed by atoms with E-state index in [2.05, 4.69) is 48.3 Å². The Labute approximate surface area is 90.9 Å². The van der Waals surface area contributed by atoms with E-state index in [1.54, 1.807) is 0 Å². The molecule has 2 nitrogen and oxygen atoms in total. The molecule has 2 heteroatoms. The molecule has 1 aromatic heterocycles. The van der Waals surface area contributed by atoms with Gasteiger partial charge in [-0.15, -0.1) is 0 Å². The Balaban J connectivity index is 2.54. The highest BCUT2D eigenvalue weighted by Gasteiger charge is 2.06. The Morgan fingerprint density at radius 3 is 2.87 bits per heavy atom. The molecule has 2 rings (SSSR count). The fourth-order valence-electron chi connectivity index (χ4n) is 2.21. The first kappa shape index (κ1) is 10.2. The molecule has 0 aliphatic carbocycles. The third-order valence-electron chi connectivity index (χ3n) is 2.93. The molecular formula is C13H18N2. The van der Waals surface area contributed by atoms with Crippen molar-refractivity contribution in [3.63, 3.8) is 0 Å². The summed E-state index contributed by atoms with van der Waals surface area (Å²) in [4.78, 5) is 0. The molecule has 0 spiro atoms. The van der Waals surface area contributed by atoms with Gasteiger partial charge in [0.05, 0.1) is 5.52 Å². The smallest absolute Gasteiger partial charge is 0.0513 e. The fourth-order valence-corrected chi connectivity index (χ4v) is 2.21. The standard InChI is InChI=1S/C13H18N2/c1-10-9-15(3)13-11(7-8-14-2)5-4-6-12(10)13/h4-6,9,14H,7-8H2,1-3H3. The van der Waals surface area contributed by atoms with Crippen LogP contribution < -0.4 is 5.32 Å². The van der Waals surface area contributed by atoms with Crippen molar-refractivity contribution in [2.24, 2.45) is 7.05 Å². The number of aromatic nitrogens is 1. The molecule has 1 aromatic carbocycles. The number of benzene rings is 1. The highest BCUT2D eigenvalue weighted by atomic mass is 14.9. The molecule has 0 aliphatic heterocycles. The largest absolute Gasteiger partial charge is 0.350 e. The molecule has 15 heavy (non-hydrogen) atoms. The maximum atomic E-state index is 3.20. The average Bonchev–Trinajstić information content (AvgIpc) is 2.53. The molecule has 0 radical (unpaired) electrons. The lowest BCUT2D eigenvalue weighted by atomic mass is 10.1. The van der Waals surface area contributed by atoms with Crippen LogP contribution in [0.2, 0.25) is 0 Å². The molecule has 0 unspecified atom stereocenters. The molecular weight excluding hydrogens is 184 g/mol. The van der Waals surface area contributed by atoms with E-state index in [1.165, 1.54) is 22.0 Å². The van der Waals surface area contributed by atoms with Crippen molar-refractivity contribution in [3.8, 4) is 0 Å². The molecule has 1 N–H and O–H groups in total. The first-order chi connectivity index (χ1) is 7.24. The van der Waals surface area contributed by atoms with Crippen molar-refractivity contribution in [2.75, 3.05) is 13.6 Å². The van der Waals surface area contributed by atoms with E-state index in [-0.39, 0.29) is 0 Å². The zero-order chi connectivity index (χ0) is 10.8. The minimum atomic E-state index is 1.03. The van der Waals surface area contributed by atoms with Crippen molar-refractivity contribution in [2.45, 2.75) is 13.3 Å². The second-order valence-electron chi connectivity index (χ2n) is 4.09. The van der Waals surface area contributed by atoms with Gasteiger partial charge in [0.2, 0.25) is 0 Å². The third kappa shape index (κ3) is 1.77. The summed E-state index contributed by atoms with van der Waals surface area (Å²) in [7, 11) is 4.12. The van der Waals surface area contributed by atoms with Crippen molar-refractivity contribution in [1.82, 2.24) is 9.88 Å². The Kier molecular flexibility index (Phi) is 2.78. The monoisotopic (exact) mass is 202 g/mol. The second-order valence-corrected chi connectivity index (χ2v) is 4.09. The summed E-state index contributed by atoms with van der Waals surface area (Å²) in [5.41, 5.74) is 4.17. The van der Waals surface area contributed by atoms with Crippen LogP contribution >= 0.6 is 0 Å². The molecule has 0 aliphatic rings. The molecule has 0 fully saturated rings. The van der Waals surface area contributed by atoms with Crippen LogP contribution in [0.25, 0.3) is 10.9 Å². The summed E-state index contributed by atoms with van der Waals surface area (Å²) in [5, 5.41) is 4.58. The van der Waals surface area contributed by atoms with Crippen molar-refractivity contribution < 1.29 is 0 Å². The lowest BCUT2D eigenvalue weighted by Gasteiger charge is -2.05. The lowest BCUT2D eigenvalue weighted by Crippen LogP contribution is -2.10. The van der Waals surface area contributed by atoms with Gasteiger partial charge in [-0.2, -0.15) is 0 Å². The van der Waals surface area contributed by atoms with Crippen LogP contribution in [0.1, 0.15) is 11.1 Å². The number of rotatable bonds is 3. The first-order valence-corrected chi connectivity index (χ1v) is 5.42. The maximum absolute atomic E-state index is 3.20. The van der Waals surface area contributed by atoms with Crippen molar-refractivity contribution in [3.05, 3.63) is 35.5 Å². The summed E-state index contributed by atoms with van der Waals surface area (Å²) < 4.78 is 2.23. The van der Waals surface area contributed by atoms with Gasteiger partial charge in [0.1, 0.15) is 0 Å². The van der Waals surface area contributed by atoms with Crippen LogP contribution in [0.4, 0.5) is 0 Å². The van der Waals surface area contributed by atoms with Crippen LogP contribution in [0, 0.1) is 6.92 Å². The molecule has 0 amide bonds. The lowest BCUT2D eigenvalue weighted by molar-refractivity contribution is 0.791. The third-order valence-corrected chi connectivity index (χ3v) is 2.93. The summed E-state index contributed by atoms with van der Waals surface area (Å²) in [5.74, 6) is 0. The SMILES string of the molecule is CNCCc1cccc2c(C)cn(C)c12. The van der Waals surface area contributed by atoms with E-state index in [4.69, 9.17) is 0 Å². The summed E-state index contributed by atoms with van der Waals surface area (Å²) in [6.07, 6.45) is 3.29. The number of likely N-dealkylation sites (N-methyl/N-ethyl adjacent to an activating group) is 1. The van der Waals surface area contributed by atoms with Crippen LogP contribution in [-0.4, -0.2) is 18.2 Å². The Hall–Kier alpha value is -1.28. The number of nitrogens with one attached hydrogen (secondary N) is 1. The number of aryl methyl sites for hydroxylation is 2. The minimum absolute atomic E-state index is 1.03. The molecule has 0 saturated carbocycles. The topological polar surface area (TPSA) is 17.0 Å². The number of hydrogen-bond donors (Lipinski definition) is 1. The molecule has 0 saturated heterocycles. The summed E-state index contributed by atoms with van der Waals surface area (Å²) >= 11 is 0.